The van der Waals surface area contributed by atoms with Gasteiger partial charge in [-0.05, 0) is 38.1 Å². The van der Waals surface area contributed by atoms with Crippen LogP contribution in [0.2, 0.25) is 0 Å². The van der Waals surface area contributed by atoms with Crippen LogP contribution in [0.5, 0.6) is 5.88 Å². The van der Waals surface area contributed by atoms with Gasteiger partial charge in [-0.2, -0.15) is 5.10 Å². The third kappa shape index (κ3) is 2.91. The molecule has 4 heteroatoms. The summed E-state index contributed by atoms with van der Waals surface area (Å²) >= 11 is 0. The van der Waals surface area contributed by atoms with Gasteiger partial charge in [-0.1, -0.05) is 35.9 Å². The number of esters is 1. The Morgan fingerprint density at radius 3 is 2.36 bits per heavy atom. The topological polar surface area (TPSA) is 44.1 Å². The number of rotatable bonds is 3. The molecule has 0 spiro atoms. The number of aryl methyl sites for hydroxylation is 2. The van der Waals surface area contributed by atoms with Gasteiger partial charge in [0.2, 0.25) is 5.88 Å². The summed E-state index contributed by atoms with van der Waals surface area (Å²) in [6.45, 7) is 3.84. The monoisotopic (exact) mass is 292 g/mol. The maximum Gasteiger partial charge on any atom is 0.344 e. The zero-order valence-electron chi connectivity index (χ0n) is 12.5. The van der Waals surface area contributed by atoms with Crippen molar-refractivity contribution in [2.24, 2.45) is 0 Å². The van der Waals surface area contributed by atoms with Crippen LogP contribution in [0.15, 0.2) is 60.7 Å². The van der Waals surface area contributed by atoms with Crippen molar-refractivity contribution >= 4 is 5.97 Å². The third-order valence-corrected chi connectivity index (χ3v) is 3.28. The highest BCUT2D eigenvalue weighted by Crippen LogP contribution is 2.20. The van der Waals surface area contributed by atoms with Gasteiger partial charge in [-0.15, -0.1) is 0 Å². The molecule has 3 aromatic rings. The van der Waals surface area contributed by atoms with E-state index in [1.165, 1.54) is 0 Å². The summed E-state index contributed by atoms with van der Waals surface area (Å²) < 4.78 is 7.13. The van der Waals surface area contributed by atoms with E-state index < -0.39 is 5.97 Å². The van der Waals surface area contributed by atoms with E-state index >= 15 is 0 Å². The molecule has 0 fully saturated rings. The molecule has 0 saturated heterocycles. The summed E-state index contributed by atoms with van der Waals surface area (Å²) in [5, 5.41) is 4.38. The van der Waals surface area contributed by atoms with Crippen LogP contribution in [0.4, 0.5) is 0 Å². The molecule has 2 aromatic carbocycles. The van der Waals surface area contributed by atoms with Gasteiger partial charge in [0, 0.05) is 6.07 Å². The van der Waals surface area contributed by atoms with Gasteiger partial charge in [0.15, 0.2) is 0 Å². The minimum Gasteiger partial charge on any atom is -0.404 e. The molecule has 4 nitrogen and oxygen atoms in total. The lowest BCUT2D eigenvalue weighted by molar-refractivity contribution is 0.0723. The standard InChI is InChI=1S/C18H16N2O2/c1-13-8-10-15(11-9-13)18(21)22-17-12-14(2)19-20(17)16-6-4-3-5-7-16/h3-12H,1-2H3. The minimum atomic E-state index is -0.392. The number of carbonyl (C=O) groups is 1. The third-order valence-electron chi connectivity index (χ3n) is 3.28. The molecule has 0 atom stereocenters. The lowest BCUT2D eigenvalue weighted by Crippen LogP contribution is -2.11. The highest BCUT2D eigenvalue weighted by atomic mass is 16.5. The van der Waals surface area contributed by atoms with Crippen molar-refractivity contribution in [1.29, 1.82) is 0 Å². The number of ether oxygens (including phenoxy) is 1. The van der Waals surface area contributed by atoms with Crippen LogP contribution in [-0.2, 0) is 0 Å². The number of aromatic nitrogens is 2. The first-order valence-electron chi connectivity index (χ1n) is 7.04. The molecule has 0 aliphatic heterocycles. The van der Waals surface area contributed by atoms with E-state index in [4.69, 9.17) is 4.74 Å². The Morgan fingerprint density at radius 1 is 1.00 bits per heavy atom. The number of hydrogen-bond donors (Lipinski definition) is 0. The van der Waals surface area contributed by atoms with Crippen LogP contribution in [0, 0.1) is 13.8 Å². The summed E-state index contributed by atoms with van der Waals surface area (Å²) in [6, 6.07) is 18.6. The molecule has 0 aliphatic carbocycles. The Morgan fingerprint density at radius 2 is 1.68 bits per heavy atom. The van der Waals surface area contributed by atoms with Gasteiger partial charge in [-0.25, -0.2) is 9.48 Å². The lowest BCUT2D eigenvalue weighted by Gasteiger charge is -2.08. The van der Waals surface area contributed by atoms with Crippen LogP contribution in [0.1, 0.15) is 21.6 Å². The molecule has 0 aliphatic rings. The first kappa shape index (κ1) is 14.1. The largest absolute Gasteiger partial charge is 0.404 e. The molecular weight excluding hydrogens is 276 g/mol. The van der Waals surface area contributed by atoms with Crippen molar-refractivity contribution in [2.75, 3.05) is 0 Å². The average Bonchev–Trinajstić information content (AvgIpc) is 2.89. The number of benzene rings is 2. The number of nitrogens with zero attached hydrogens (tertiary/aromatic N) is 2. The predicted molar refractivity (Wildman–Crippen MR) is 84.4 cm³/mol. The van der Waals surface area contributed by atoms with Crippen molar-refractivity contribution in [3.8, 4) is 11.6 Å². The van der Waals surface area contributed by atoms with Crippen molar-refractivity contribution in [2.45, 2.75) is 13.8 Å². The lowest BCUT2D eigenvalue weighted by atomic mass is 10.1. The van der Waals surface area contributed by atoms with Gasteiger partial charge in [-0.3, -0.25) is 0 Å². The van der Waals surface area contributed by atoms with Crippen LogP contribution >= 0.6 is 0 Å². The van der Waals surface area contributed by atoms with Crippen molar-refractivity contribution in [3.05, 3.63) is 77.5 Å². The highest BCUT2D eigenvalue weighted by molar-refractivity contribution is 5.90. The Balaban J connectivity index is 1.90. The van der Waals surface area contributed by atoms with E-state index in [1.54, 1.807) is 22.9 Å². The molecule has 0 unspecified atom stereocenters. The Kier molecular flexibility index (Phi) is 3.74. The predicted octanol–water partition coefficient (Wildman–Crippen LogP) is 3.71. The molecule has 110 valence electrons. The van der Waals surface area contributed by atoms with E-state index in [9.17, 15) is 4.79 Å². The smallest absolute Gasteiger partial charge is 0.344 e. The molecular formula is C18H16N2O2. The Labute approximate surface area is 129 Å². The molecule has 1 heterocycles. The molecule has 3 rings (SSSR count). The summed E-state index contributed by atoms with van der Waals surface area (Å²) in [5.74, 6) is 0.0198. The highest BCUT2D eigenvalue weighted by Gasteiger charge is 2.14. The fourth-order valence-electron chi connectivity index (χ4n) is 2.15. The van der Waals surface area contributed by atoms with E-state index in [1.807, 2.05) is 56.3 Å². The molecule has 0 bridgehead atoms. The summed E-state index contributed by atoms with van der Waals surface area (Å²) in [7, 11) is 0. The Bertz CT molecular complexity index is 790. The van der Waals surface area contributed by atoms with Crippen molar-refractivity contribution < 1.29 is 9.53 Å². The van der Waals surface area contributed by atoms with E-state index in [0.717, 1.165) is 16.9 Å². The van der Waals surface area contributed by atoms with Gasteiger partial charge in [0.1, 0.15) is 0 Å². The van der Waals surface area contributed by atoms with Gasteiger partial charge < -0.3 is 4.74 Å². The summed E-state index contributed by atoms with van der Waals surface area (Å²) in [4.78, 5) is 12.3. The fourth-order valence-corrected chi connectivity index (χ4v) is 2.15. The zero-order chi connectivity index (χ0) is 15.5. The number of para-hydroxylation sites is 1. The number of carbonyl (C=O) groups excluding carboxylic acids is 1. The SMILES string of the molecule is Cc1ccc(C(=O)Oc2cc(C)nn2-c2ccccc2)cc1. The second-order valence-electron chi connectivity index (χ2n) is 5.13. The summed E-state index contributed by atoms with van der Waals surface area (Å²) in [6.07, 6.45) is 0. The van der Waals surface area contributed by atoms with Crippen molar-refractivity contribution in [3.63, 3.8) is 0 Å². The van der Waals surface area contributed by atoms with Crippen LogP contribution in [0.3, 0.4) is 0 Å². The fraction of sp³-hybridized carbons (Fsp3) is 0.111. The molecule has 0 radical (unpaired) electrons. The van der Waals surface area contributed by atoms with Gasteiger partial charge in [0.05, 0.1) is 16.9 Å². The minimum absolute atomic E-state index is 0.392. The average molecular weight is 292 g/mol. The first-order valence-corrected chi connectivity index (χ1v) is 7.04. The van der Waals surface area contributed by atoms with Crippen LogP contribution in [0.25, 0.3) is 5.69 Å². The van der Waals surface area contributed by atoms with Gasteiger partial charge in [0.25, 0.3) is 0 Å². The van der Waals surface area contributed by atoms with Crippen molar-refractivity contribution in [1.82, 2.24) is 9.78 Å². The number of hydrogen-bond acceptors (Lipinski definition) is 3. The molecule has 0 amide bonds. The maximum absolute atomic E-state index is 12.3. The normalized spacial score (nSPS) is 10.5. The summed E-state index contributed by atoms with van der Waals surface area (Å²) in [5.41, 5.74) is 3.25. The zero-order valence-corrected chi connectivity index (χ0v) is 12.5. The molecule has 1 aromatic heterocycles. The van der Waals surface area contributed by atoms with E-state index in [0.29, 0.717) is 11.4 Å². The van der Waals surface area contributed by atoms with Crippen LogP contribution < -0.4 is 4.74 Å². The Hall–Kier alpha value is -2.88. The van der Waals surface area contributed by atoms with Crippen LogP contribution in [-0.4, -0.2) is 15.7 Å². The second-order valence-corrected chi connectivity index (χ2v) is 5.13. The molecule has 22 heavy (non-hydrogen) atoms. The first-order chi connectivity index (χ1) is 10.6. The van der Waals surface area contributed by atoms with E-state index in [2.05, 4.69) is 5.10 Å². The van der Waals surface area contributed by atoms with E-state index in [-0.39, 0.29) is 0 Å². The quantitative estimate of drug-likeness (QED) is 0.691. The molecule has 0 N–H and O–H groups in total. The van der Waals surface area contributed by atoms with Gasteiger partial charge >= 0.3 is 5.97 Å². The second kappa shape index (κ2) is 5.85. The molecule has 0 saturated carbocycles. The maximum atomic E-state index is 12.3.